The third-order valence-corrected chi connectivity index (χ3v) is 17.7. The van der Waals surface area contributed by atoms with Crippen molar-refractivity contribution in [2.75, 3.05) is 13.2 Å². The number of rotatable bonds is 70. The first-order chi connectivity index (χ1) is 39.0. The number of aliphatic hydroxyl groups is 2. The maximum Gasteiger partial charge on any atom is 0.305 e. The Labute approximate surface area is 496 Å². The molecule has 0 saturated heterocycles. The van der Waals surface area contributed by atoms with E-state index in [4.69, 9.17) is 4.74 Å². The molecule has 0 aromatic rings. The minimum absolute atomic E-state index is 0.0230. The fourth-order valence-electron chi connectivity index (χ4n) is 12.1. The molecule has 0 aliphatic heterocycles. The van der Waals surface area contributed by atoms with E-state index in [0.717, 1.165) is 38.5 Å². The van der Waals surface area contributed by atoms with Crippen LogP contribution in [0.3, 0.4) is 0 Å². The maximum atomic E-state index is 12.5. The van der Waals surface area contributed by atoms with Gasteiger partial charge in [0.15, 0.2) is 0 Å². The second kappa shape index (κ2) is 69.4. The van der Waals surface area contributed by atoms with Crippen LogP contribution in [-0.2, 0) is 14.3 Å². The molecule has 0 fully saturated rings. The topological polar surface area (TPSA) is 95.9 Å². The maximum absolute atomic E-state index is 12.5. The summed E-state index contributed by atoms with van der Waals surface area (Å²) in [6.45, 7) is 5.01. The van der Waals surface area contributed by atoms with E-state index in [9.17, 15) is 19.8 Å². The summed E-state index contributed by atoms with van der Waals surface area (Å²) in [5.74, 6) is -0.00396. The van der Waals surface area contributed by atoms with Gasteiger partial charge in [-0.05, 0) is 25.7 Å². The largest absolute Gasteiger partial charge is 0.466 e. The van der Waals surface area contributed by atoms with Crippen LogP contribution < -0.4 is 5.32 Å². The summed E-state index contributed by atoms with van der Waals surface area (Å²) >= 11 is 0. The molecule has 6 nitrogen and oxygen atoms in total. The Kier molecular flexibility index (Phi) is 68.4. The Balaban J connectivity index is 3.33. The number of nitrogens with one attached hydrogen (secondary N) is 1. The molecule has 0 bridgehead atoms. The van der Waals surface area contributed by atoms with Crippen molar-refractivity contribution in [3.05, 3.63) is 0 Å². The van der Waals surface area contributed by atoms with Crippen LogP contribution in [0.25, 0.3) is 0 Å². The minimum Gasteiger partial charge on any atom is -0.466 e. The second-order valence-corrected chi connectivity index (χ2v) is 25.6. The van der Waals surface area contributed by atoms with Crippen molar-refractivity contribution in [3.63, 3.8) is 0 Å². The molecular formula is C73H145NO5. The van der Waals surface area contributed by atoms with E-state index in [2.05, 4.69) is 19.2 Å². The second-order valence-electron chi connectivity index (χ2n) is 25.6. The number of esters is 1. The molecule has 0 saturated carbocycles. The highest BCUT2D eigenvalue weighted by Gasteiger charge is 2.20. The number of hydrogen-bond acceptors (Lipinski definition) is 5. The van der Waals surface area contributed by atoms with Crippen molar-refractivity contribution < 1.29 is 24.5 Å². The van der Waals surface area contributed by atoms with E-state index in [1.165, 1.54) is 360 Å². The van der Waals surface area contributed by atoms with Crippen molar-refractivity contribution in [1.29, 1.82) is 0 Å². The van der Waals surface area contributed by atoms with Crippen molar-refractivity contribution in [2.45, 2.75) is 443 Å². The number of carbonyl (C=O) groups excluding carboxylic acids is 2. The fourth-order valence-corrected chi connectivity index (χ4v) is 12.1. The van der Waals surface area contributed by atoms with Gasteiger partial charge in [-0.2, -0.15) is 0 Å². The van der Waals surface area contributed by atoms with Gasteiger partial charge in [-0.25, -0.2) is 0 Å². The summed E-state index contributed by atoms with van der Waals surface area (Å²) < 4.78 is 5.51. The van der Waals surface area contributed by atoms with Gasteiger partial charge < -0.3 is 20.3 Å². The molecule has 0 rings (SSSR count). The first-order valence-electron chi connectivity index (χ1n) is 36.8. The zero-order valence-corrected chi connectivity index (χ0v) is 54.2. The van der Waals surface area contributed by atoms with Gasteiger partial charge in [0, 0.05) is 12.8 Å². The molecule has 1 amide bonds. The number of aliphatic hydroxyl groups excluding tert-OH is 2. The van der Waals surface area contributed by atoms with Gasteiger partial charge in [0.05, 0.1) is 25.4 Å². The quantitative estimate of drug-likeness (QED) is 0.0417. The van der Waals surface area contributed by atoms with Crippen LogP contribution in [0.1, 0.15) is 431 Å². The summed E-state index contributed by atoms with van der Waals surface area (Å²) in [6, 6.07) is -0.539. The number of hydrogen-bond donors (Lipinski definition) is 3. The number of amides is 1. The van der Waals surface area contributed by atoms with Crippen molar-refractivity contribution in [1.82, 2.24) is 5.32 Å². The van der Waals surface area contributed by atoms with Crippen LogP contribution in [-0.4, -0.2) is 47.4 Å². The summed E-state index contributed by atoms with van der Waals surface area (Å²) in [4.78, 5) is 24.6. The molecule has 0 spiro atoms. The molecule has 0 heterocycles. The molecule has 0 aliphatic rings. The average Bonchev–Trinajstić information content (AvgIpc) is 3.45. The number of unbranched alkanes of at least 4 members (excludes halogenated alkanes) is 59. The minimum atomic E-state index is -0.662. The molecule has 2 atom stereocenters. The molecule has 0 aliphatic carbocycles. The number of carbonyl (C=O) groups is 2. The molecular weight excluding hydrogens is 971 g/mol. The summed E-state index contributed by atoms with van der Waals surface area (Å²) in [5, 5.41) is 23.4. The molecule has 472 valence electrons. The molecule has 3 N–H and O–H groups in total. The van der Waals surface area contributed by atoms with Crippen LogP contribution >= 0.6 is 0 Å². The lowest BCUT2D eigenvalue weighted by molar-refractivity contribution is -0.143. The van der Waals surface area contributed by atoms with Crippen molar-refractivity contribution in [2.24, 2.45) is 0 Å². The van der Waals surface area contributed by atoms with Gasteiger partial charge in [0.1, 0.15) is 0 Å². The van der Waals surface area contributed by atoms with Gasteiger partial charge in [0.25, 0.3) is 0 Å². The zero-order valence-electron chi connectivity index (χ0n) is 54.2. The third kappa shape index (κ3) is 65.9. The Morgan fingerprint density at radius 3 is 0.772 bits per heavy atom. The molecule has 0 aromatic carbocycles. The number of ether oxygens (including phenoxy) is 1. The van der Waals surface area contributed by atoms with Crippen LogP contribution in [0, 0.1) is 0 Å². The molecule has 0 aromatic heterocycles. The van der Waals surface area contributed by atoms with Gasteiger partial charge in [-0.15, -0.1) is 0 Å². The van der Waals surface area contributed by atoms with E-state index in [1.807, 2.05) is 0 Å². The van der Waals surface area contributed by atoms with E-state index in [-0.39, 0.29) is 18.5 Å². The summed E-state index contributed by atoms with van der Waals surface area (Å²) in [5.41, 5.74) is 0. The SMILES string of the molecule is CCCCCCCCCCCCCCCCCCCCCC(O)C(CO)NC(=O)CCCCCCCCCCCCCCCCCCCCCCCCCCCCCOC(=O)CCCCCCCCCCCCCCCCCC. The van der Waals surface area contributed by atoms with Crippen LogP contribution in [0.5, 0.6) is 0 Å². The van der Waals surface area contributed by atoms with E-state index in [0.29, 0.717) is 25.9 Å². The lowest BCUT2D eigenvalue weighted by atomic mass is 10.0. The van der Waals surface area contributed by atoms with Crippen LogP contribution in [0.2, 0.25) is 0 Å². The van der Waals surface area contributed by atoms with E-state index in [1.54, 1.807) is 0 Å². The molecule has 0 radical (unpaired) electrons. The Morgan fingerprint density at radius 2 is 0.519 bits per heavy atom. The van der Waals surface area contributed by atoms with E-state index >= 15 is 0 Å². The van der Waals surface area contributed by atoms with Crippen LogP contribution in [0.4, 0.5) is 0 Å². The van der Waals surface area contributed by atoms with Crippen molar-refractivity contribution >= 4 is 11.9 Å². The summed E-state index contributed by atoms with van der Waals surface area (Å²) in [6.07, 6.45) is 84.5. The predicted molar refractivity (Wildman–Crippen MR) is 347 cm³/mol. The van der Waals surface area contributed by atoms with E-state index < -0.39 is 12.1 Å². The van der Waals surface area contributed by atoms with Gasteiger partial charge in [-0.3, -0.25) is 9.59 Å². The highest BCUT2D eigenvalue weighted by Crippen LogP contribution is 2.20. The molecule has 2 unspecified atom stereocenters. The molecule has 6 heteroatoms. The first kappa shape index (κ1) is 77.9. The first-order valence-corrected chi connectivity index (χ1v) is 36.8. The Morgan fingerprint density at radius 1 is 0.304 bits per heavy atom. The molecule has 79 heavy (non-hydrogen) atoms. The average molecular weight is 1120 g/mol. The fraction of sp³-hybridized carbons (Fsp3) is 0.973. The zero-order chi connectivity index (χ0) is 57.1. The van der Waals surface area contributed by atoms with Gasteiger partial charge in [-0.1, -0.05) is 393 Å². The lowest BCUT2D eigenvalue weighted by Crippen LogP contribution is -2.45. The highest BCUT2D eigenvalue weighted by atomic mass is 16.5. The monoisotopic (exact) mass is 1120 g/mol. The van der Waals surface area contributed by atoms with Gasteiger partial charge in [0.2, 0.25) is 5.91 Å². The smallest absolute Gasteiger partial charge is 0.305 e. The normalized spacial score (nSPS) is 12.4. The Hall–Kier alpha value is -1.14. The summed E-state index contributed by atoms with van der Waals surface area (Å²) in [7, 11) is 0. The van der Waals surface area contributed by atoms with Crippen LogP contribution in [0.15, 0.2) is 0 Å². The predicted octanol–water partition coefficient (Wildman–Crippen LogP) is 23.8. The lowest BCUT2D eigenvalue weighted by Gasteiger charge is -2.22. The van der Waals surface area contributed by atoms with Gasteiger partial charge >= 0.3 is 5.97 Å². The standard InChI is InChI=1S/C73H145NO5/c1-3-5-7-9-11-13-15-17-19-21-31-34-37-41-45-49-53-57-61-65-71(76)70(69-75)74-72(77)66-62-58-54-50-46-42-38-35-32-29-27-25-23-22-24-26-28-30-33-36-40-44-48-52-56-60-64-68-79-73(78)67-63-59-55-51-47-43-39-20-18-16-14-12-10-8-6-4-2/h70-71,75-76H,3-69H2,1-2H3,(H,74,77). The third-order valence-electron chi connectivity index (χ3n) is 17.7. The Bertz CT molecular complexity index is 1150. The highest BCUT2D eigenvalue weighted by molar-refractivity contribution is 5.76. The van der Waals surface area contributed by atoms with Crippen molar-refractivity contribution in [3.8, 4) is 0 Å².